The number of nitrogens with zero attached hydrogens (tertiary/aromatic N) is 3. The Labute approximate surface area is 183 Å². The molecule has 0 saturated carbocycles. The number of benzene rings is 3. The molecule has 0 atom stereocenters. The topological polar surface area (TPSA) is 94.3 Å². The number of aromatic nitrogens is 5. The molecule has 0 aliphatic heterocycles. The van der Waals surface area contributed by atoms with Gasteiger partial charge < -0.3 is 15.6 Å². The molecular formula is C25H21N7. The summed E-state index contributed by atoms with van der Waals surface area (Å²) in [6, 6.07) is 22.5. The molecule has 0 amide bonds. The van der Waals surface area contributed by atoms with Crippen LogP contribution in [0.5, 0.6) is 0 Å². The van der Waals surface area contributed by atoms with Gasteiger partial charge in [0.2, 0.25) is 5.95 Å². The Morgan fingerprint density at radius 3 is 2.69 bits per heavy atom. The van der Waals surface area contributed by atoms with Gasteiger partial charge in [-0.1, -0.05) is 30.3 Å². The number of anilines is 3. The molecule has 0 spiro atoms. The molecule has 3 heterocycles. The van der Waals surface area contributed by atoms with Crippen LogP contribution >= 0.6 is 0 Å². The predicted octanol–water partition coefficient (Wildman–Crippen LogP) is 5.39. The third-order valence-corrected chi connectivity index (χ3v) is 5.66. The van der Waals surface area contributed by atoms with Gasteiger partial charge in [-0.25, -0.2) is 4.98 Å². The molecular weight excluding hydrogens is 398 g/mol. The van der Waals surface area contributed by atoms with E-state index < -0.39 is 0 Å². The summed E-state index contributed by atoms with van der Waals surface area (Å²) in [4.78, 5) is 12.8. The van der Waals surface area contributed by atoms with Gasteiger partial charge in [0.05, 0.1) is 17.2 Å². The van der Waals surface area contributed by atoms with E-state index in [1.165, 1.54) is 10.9 Å². The quantitative estimate of drug-likeness (QED) is 0.291. The van der Waals surface area contributed by atoms with Crippen molar-refractivity contribution in [1.82, 2.24) is 25.1 Å². The number of hydrogen-bond acceptors (Lipinski definition) is 5. The smallest absolute Gasteiger partial charge is 0.225 e. The maximum absolute atomic E-state index is 4.78. The van der Waals surface area contributed by atoms with E-state index in [4.69, 9.17) is 9.97 Å². The van der Waals surface area contributed by atoms with E-state index in [1.807, 2.05) is 48.7 Å². The zero-order valence-electron chi connectivity index (χ0n) is 17.3. The highest BCUT2D eigenvalue weighted by Gasteiger charge is 2.09. The van der Waals surface area contributed by atoms with Crippen molar-refractivity contribution in [3.8, 4) is 0 Å². The molecule has 32 heavy (non-hydrogen) atoms. The second kappa shape index (κ2) is 7.70. The van der Waals surface area contributed by atoms with Crippen LogP contribution in [0.4, 0.5) is 17.5 Å². The number of nitrogens with one attached hydrogen (secondary N) is 4. The van der Waals surface area contributed by atoms with E-state index in [-0.39, 0.29) is 0 Å². The van der Waals surface area contributed by atoms with E-state index in [2.05, 4.69) is 56.3 Å². The Kier molecular flexibility index (Phi) is 4.42. The zero-order chi connectivity index (χ0) is 21.3. The van der Waals surface area contributed by atoms with Crippen molar-refractivity contribution in [3.05, 3.63) is 84.7 Å². The summed E-state index contributed by atoms with van der Waals surface area (Å²) >= 11 is 0. The van der Waals surface area contributed by atoms with Crippen molar-refractivity contribution in [2.24, 2.45) is 0 Å². The molecule has 7 nitrogen and oxygen atoms in total. The van der Waals surface area contributed by atoms with Crippen LogP contribution < -0.4 is 10.6 Å². The first-order valence-electron chi connectivity index (χ1n) is 10.6. The maximum atomic E-state index is 4.78. The SMILES string of the molecule is c1ccc2c(Nc3ccc4[nH]ncc4c3)nc(NCCc3c[nH]c4ccccc34)nc2c1. The number of fused-ring (bicyclic) bond motifs is 3. The van der Waals surface area contributed by atoms with Crippen LogP contribution in [0.15, 0.2) is 79.1 Å². The third kappa shape index (κ3) is 3.39. The molecule has 0 aliphatic carbocycles. The number of para-hydroxylation sites is 2. The highest BCUT2D eigenvalue weighted by molar-refractivity contribution is 5.93. The van der Waals surface area contributed by atoms with Gasteiger partial charge in [-0.15, -0.1) is 0 Å². The fourth-order valence-corrected chi connectivity index (χ4v) is 4.06. The van der Waals surface area contributed by atoms with Crippen LogP contribution in [-0.2, 0) is 6.42 Å². The fourth-order valence-electron chi connectivity index (χ4n) is 4.06. The van der Waals surface area contributed by atoms with Gasteiger partial charge in [0.25, 0.3) is 0 Å². The van der Waals surface area contributed by atoms with E-state index in [0.29, 0.717) is 5.95 Å². The van der Waals surface area contributed by atoms with Gasteiger partial charge in [-0.2, -0.15) is 10.1 Å². The van der Waals surface area contributed by atoms with Gasteiger partial charge in [0.1, 0.15) is 5.82 Å². The van der Waals surface area contributed by atoms with E-state index in [1.54, 1.807) is 0 Å². The van der Waals surface area contributed by atoms with Crippen molar-refractivity contribution in [3.63, 3.8) is 0 Å². The molecule has 7 heteroatoms. The minimum atomic E-state index is 0.607. The standard InChI is InChI=1S/C25H21N7/c1-3-7-22-19(5-1)16(14-27-22)11-12-26-25-30-23-8-4-2-6-20(23)24(31-25)29-18-9-10-21-17(13-18)15-28-32-21/h1-10,13-15,27H,11-12H2,(H,28,32)(H2,26,29,30,31). The highest BCUT2D eigenvalue weighted by Crippen LogP contribution is 2.27. The van der Waals surface area contributed by atoms with E-state index >= 15 is 0 Å². The first kappa shape index (κ1) is 18.4. The lowest BCUT2D eigenvalue weighted by Gasteiger charge is -2.12. The molecule has 0 fully saturated rings. The molecule has 156 valence electrons. The molecule has 6 rings (SSSR count). The second-order valence-corrected chi connectivity index (χ2v) is 7.75. The summed E-state index contributed by atoms with van der Waals surface area (Å²) in [6.45, 7) is 0.737. The lowest BCUT2D eigenvalue weighted by atomic mass is 10.1. The maximum Gasteiger partial charge on any atom is 0.225 e. The first-order chi connectivity index (χ1) is 15.8. The summed E-state index contributed by atoms with van der Waals surface area (Å²) in [6.07, 6.45) is 4.77. The lowest BCUT2D eigenvalue weighted by molar-refractivity contribution is 0.998. The first-order valence-corrected chi connectivity index (χ1v) is 10.6. The molecule has 3 aromatic heterocycles. The summed E-state index contributed by atoms with van der Waals surface area (Å²) in [7, 11) is 0. The summed E-state index contributed by atoms with van der Waals surface area (Å²) in [5.74, 6) is 1.38. The lowest BCUT2D eigenvalue weighted by Crippen LogP contribution is -2.09. The van der Waals surface area contributed by atoms with Crippen molar-refractivity contribution in [2.75, 3.05) is 17.2 Å². The van der Waals surface area contributed by atoms with Gasteiger partial charge in [0.15, 0.2) is 0 Å². The Morgan fingerprint density at radius 2 is 1.72 bits per heavy atom. The third-order valence-electron chi connectivity index (χ3n) is 5.66. The van der Waals surface area contributed by atoms with E-state index in [0.717, 1.165) is 51.8 Å². The Hall–Kier alpha value is -4.39. The van der Waals surface area contributed by atoms with Crippen LogP contribution in [0.25, 0.3) is 32.7 Å². The fraction of sp³-hybridized carbons (Fsp3) is 0.0800. The molecule has 6 aromatic rings. The van der Waals surface area contributed by atoms with Crippen molar-refractivity contribution in [1.29, 1.82) is 0 Å². The van der Waals surface area contributed by atoms with Crippen molar-refractivity contribution >= 4 is 50.2 Å². The Morgan fingerprint density at radius 1 is 0.844 bits per heavy atom. The minimum absolute atomic E-state index is 0.607. The average Bonchev–Trinajstić information content (AvgIpc) is 3.46. The molecule has 0 unspecified atom stereocenters. The normalized spacial score (nSPS) is 11.4. The molecule has 0 aliphatic rings. The van der Waals surface area contributed by atoms with Gasteiger partial charge in [-0.3, -0.25) is 5.10 Å². The van der Waals surface area contributed by atoms with E-state index in [9.17, 15) is 0 Å². The minimum Gasteiger partial charge on any atom is -0.361 e. The number of H-pyrrole nitrogens is 2. The number of rotatable bonds is 6. The highest BCUT2D eigenvalue weighted by atomic mass is 15.1. The molecule has 0 radical (unpaired) electrons. The largest absolute Gasteiger partial charge is 0.361 e. The Balaban J connectivity index is 1.26. The number of hydrogen-bond donors (Lipinski definition) is 4. The van der Waals surface area contributed by atoms with Gasteiger partial charge >= 0.3 is 0 Å². The van der Waals surface area contributed by atoms with Crippen LogP contribution in [0.1, 0.15) is 5.56 Å². The van der Waals surface area contributed by atoms with Crippen LogP contribution in [0.2, 0.25) is 0 Å². The molecule has 4 N–H and O–H groups in total. The summed E-state index contributed by atoms with van der Waals surface area (Å²) < 4.78 is 0. The van der Waals surface area contributed by atoms with Crippen molar-refractivity contribution in [2.45, 2.75) is 6.42 Å². The van der Waals surface area contributed by atoms with Crippen molar-refractivity contribution < 1.29 is 0 Å². The second-order valence-electron chi connectivity index (χ2n) is 7.75. The summed E-state index contributed by atoms with van der Waals surface area (Å²) in [5.41, 5.74) is 5.28. The van der Waals surface area contributed by atoms with Gasteiger partial charge in [-0.05, 0) is 48.4 Å². The van der Waals surface area contributed by atoms with Crippen LogP contribution in [0.3, 0.4) is 0 Å². The summed E-state index contributed by atoms with van der Waals surface area (Å²) in [5, 5.41) is 17.2. The van der Waals surface area contributed by atoms with Gasteiger partial charge in [0, 0.05) is 40.1 Å². The Bertz CT molecular complexity index is 1550. The molecule has 3 aromatic carbocycles. The average molecular weight is 419 g/mol. The van der Waals surface area contributed by atoms with Crippen LogP contribution in [0, 0.1) is 0 Å². The number of aromatic amines is 2. The molecule has 0 bridgehead atoms. The molecule has 0 saturated heterocycles. The predicted molar refractivity (Wildman–Crippen MR) is 129 cm³/mol. The monoisotopic (exact) mass is 419 g/mol. The zero-order valence-corrected chi connectivity index (χ0v) is 17.3. The van der Waals surface area contributed by atoms with Crippen LogP contribution in [-0.4, -0.2) is 31.7 Å².